The summed E-state index contributed by atoms with van der Waals surface area (Å²) in [6.45, 7) is 2.23. The summed E-state index contributed by atoms with van der Waals surface area (Å²) in [5.74, 6) is 2.27. The van der Waals surface area contributed by atoms with Crippen LogP contribution in [0.4, 0.5) is 0 Å². The second kappa shape index (κ2) is 6.28. The minimum Gasteiger partial charge on any atom is -0.497 e. The summed E-state index contributed by atoms with van der Waals surface area (Å²) in [5, 5.41) is 0. The average molecular weight is 256 g/mol. The molecule has 0 saturated carbocycles. The van der Waals surface area contributed by atoms with Gasteiger partial charge in [-0.15, -0.1) is 0 Å². The van der Waals surface area contributed by atoms with Crippen molar-refractivity contribution in [2.24, 2.45) is 0 Å². The molecule has 2 aromatic rings. The van der Waals surface area contributed by atoms with E-state index in [4.69, 9.17) is 9.47 Å². The molecular weight excluding hydrogens is 236 g/mol. The summed E-state index contributed by atoms with van der Waals surface area (Å²) in [4.78, 5) is 0. The predicted molar refractivity (Wildman–Crippen MR) is 78.1 cm³/mol. The van der Waals surface area contributed by atoms with E-state index < -0.39 is 0 Å². The number of hydrogen-bond acceptors (Lipinski definition) is 2. The lowest BCUT2D eigenvalue weighted by molar-refractivity contribution is 0.413. The fourth-order valence-electron chi connectivity index (χ4n) is 2.22. The molecule has 0 amide bonds. The van der Waals surface area contributed by atoms with Gasteiger partial charge in [-0.05, 0) is 47.7 Å². The SMILES string of the molecule is COc1cccc(CC(C)c2cccc(OC)c2)c1. The van der Waals surface area contributed by atoms with Crippen LogP contribution in [0.25, 0.3) is 0 Å². The quantitative estimate of drug-likeness (QED) is 0.803. The molecule has 19 heavy (non-hydrogen) atoms. The molecule has 0 fully saturated rings. The number of hydrogen-bond donors (Lipinski definition) is 0. The van der Waals surface area contributed by atoms with E-state index in [1.54, 1.807) is 14.2 Å². The molecule has 0 saturated heterocycles. The van der Waals surface area contributed by atoms with Gasteiger partial charge in [-0.1, -0.05) is 31.2 Å². The van der Waals surface area contributed by atoms with Gasteiger partial charge in [0.15, 0.2) is 0 Å². The van der Waals surface area contributed by atoms with E-state index in [0.717, 1.165) is 17.9 Å². The first kappa shape index (κ1) is 13.5. The van der Waals surface area contributed by atoms with Crippen LogP contribution in [-0.2, 0) is 6.42 Å². The lowest BCUT2D eigenvalue weighted by Crippen LogP contribution is -1.99. The van der Waals surface area contributed by atoms with Crippen LogP contribution < -0.4 is 9.47 Å². The summed E-state index contributed by atoms with van der Waals surface area (Å²) in [6.07, 6.45) is 0.990. The number of rotatable bonds is 5. The van der Waals surface area contributed by atoms with Crippen molar-refractivity contribution in [1.82, 2.24) is 0 Å². The van der Waals surface area contributed by atoms with E-state index in [2.05, 4.69) is 31.2 Å². The van der Waals surface area contributed by atoms with E-state index >= 15 is 0 Å². The molecule has 0 aliphatic heterocycles. The summed E-state index contributed by atoms with van der Waals surface area (Å²) in [5.41, 5.74) is 2.58. The maximum atomic E-state index is 5.27. The highest BCUT2D eigenvalue weighted by Crippen LogP contribution is 2.25. The molecule has 2 heteroatoms. The molecular formula is C17H20O2. The Labute approximate surface area is 115 Å². The van der Waals surface area contributed by atoms with Crippen LogP contribution in [0.3, 0.4) is 0 Å². The molecule has 0 spiro atoms. The fraction of sp³-hybridized carbons (Fsp3) is 0.294. The molecule has 2 aromatic carbocycles. The molecule has 1 unspecified atom stereocenters. The van der Waals surface area contributed by atoms with Crippen molar-refractivity contribution >= 4 is 0 Å². The highest BCUT2D eigenvalue weighted by Gasteiger charge is 2.08. The van der Waals surface area contributed by atoms with Crippen LogP contribution in [0.2, 0.25) is 0 Å². The lowest BCUT2D eigenvalue weighted by atomic mass is 9.93. The van der Waals surface area contributed by atoms with Gasteiger partial charge in [0.1, 0.15) is 11.5 Å². The van der Waals surface area contributed by atoms with Gasteiger partial charge in [0, 0.05) is 0 Å². The van der Waals surface area contributed by atoms with Crippen molar-refractivity contribution in [2.75, 3.05) is 14.2 Å². The van der Waals surface area contributed by atoms with Crippen LogP contribution in [-0.4, -0.2) is 14.2 Å². The third-order valence-corrected chi connectivity index (χ3v) is 3.34. The van der Waals surface area contributed by atoms with Crippen molar-refractivity contribution in [3.05, 3.63) is 59.7 Å². The first-order chi connectivity index (χ1) is 9.22. The highest BCUT2D eigenvalue weighted by molar-refractivity contribution is 5.33. The maximum Gasteiger partial charge on any atom is 0.119 e. The Balaban J connectivity index is 2.13. The van der Waals surface area contributed by atoms with Crippen molar-refractivity contribution in [3.8, 4) is 11.5 Å². The monoisotopic (exact) mass is 256 g/mol. The molecule has 1 atom stereocenters. The van der Waals surface area contributed by atoms with Gasteiger partial charge in [-0.3, -0.25) is 0 Å². The lowest BCUT2D eigenvalue weighted by Gasteiger charge is -2.13. The van der Waals surface area contributed by atoms with Gasteiger partial charge in [0.25, 0.3) is 0 Å². The predicted octanol–water partition coefficient (Wildman–Crippen LogP) is 4.05. The van der Waals surface area contributed by atoms with Crippen molar-refractivity contribution < 1.29 is 9.47 Å². The smallest absolute Gasteiger partial charge is 0.119 e. The van der Waals surface area contributed by atoms with Gasteiger partial charge in [-0.2, -0.15) is 0 Å². The molecule has 0 bridgehead atoms. The van der Waals surface area contributed by atoms with Gasteiger partial charge in [0.2, 0.25) is 0 Å². The summed E-state index contributed by atoms with van der Waals surface area (Å²) < 4.78 is 10.5. The number of benzene rings is 2. The van der Waals surface area contributed by atoms with Crippen molar-refractivity contribution in [2.45, 2.75) is 19.3 Å². The second-order valence-electron chi connectivity index (χ2n) is 4.73. The highest BCUT2D eigenvalue weighted by atomic mass is 16.5. The molecule has 2 nitrogen and oxygen atoms in total. The maximum absolute atomic E-state index is 5.27. The zero-order chi connectivity index (χ0) is 13.7. The minimum atomic E-state index is 0.446. The minimum absolute atomic E-state index is 0.446. The zero-order valence-corrected chi connectivity index (χ0v) is 11.7. The Kier molecular flexibility index (Phi) is 4.45. The topological polar surface area (TPSA) is 18.5 Å². The molecule has 0 aromatic heterocycles. The molecule has 0 N–H and O–H groups in total. The third-order valence-electron chi connectivity index (χ3n) is 3.34. The van der Waals surface area contributed by atoms with E-state index in [1.807, 2.05) is 24.3 Å². The van der Waals surface area contributed by atoms with Crippen LogP contribution in [0.15, 0.2) is 48.5 Å². The molecule has 0 aliphatic rings. The molecule has 2 rings (SSSR count). The summed E-state index contributed by atoms with van der Waals surface area (Å²) >= 11 is 0. The summed E-state index contributed by atoms with van der Waals surface area (Å²) in [7, 11) is 3.40. The largest absolute Gasteiger partial charge is 0.497 e. The number of methoxy groups -OCH3 is 2. The first-order valence-electron chi connectivity index (χ1n) is 6.50. The van der Waals surface area contributed by atoms with Crippen LogP contribution >= 0.6 is 0 Å². The first-order valence-corrected chi connectivity index (χ1v) is 6.50. The molecule has 0 heterocycles. The average Bonchev–Trinajstić information content (AvgIpc) is 2.47. The molecule has 100 valence electrons. The second-order valence-corrected chi connectivity index (χ2v) is 4.73. The Morgan fingerprint density at radius 1 is 0.895 bits per heavy atom. The van der Waals surface area contributed by atoms with Crippen molar-refractivity contribution in [3.63, 3.8) is 0 Å². The Hall–Kier alpha value is -1.96. The van der Waals surface area contributed by atoms with Gasteiger partial charge < -0.3 is 9.47 Å². The van der Waals surface area contributed by atoms with Crippen LogP contribution in [0, 0.1) is 0 Å². The normalized spacial score (nSPS) is 11.9. The van der Waals surface area contributed by atoms with E-state index in [-0.39, 0.29) is 0 Å². The van der Waals surface area contributed by atoms with Crippen molar-refractivity contribution in [1.29, 1.82) is 0 Å². The Bertz CT molecular complexity index is 534. The van der Waals surface area contributed by atoms with Gasteiger partial charge in [0.05, 0.1) is 14.2 Å². The zero-order valence-electron chi connectivity index (χ0n) is 11.7. The fourth-order valence-corrected chi connectivity index (χ4v) is 2.22. The van der Waals surface area contributed by atoms with E-state index in [1.165, 1.54) is 11.1 Å². The molecule has 0 aliphatic carbocycles. The van der Waals surface area contributed by atoms with Gasteiger partial charge in [-0.25, -0.2) is 0 Å². The standard InChI is InChI=1S/C17H20O2/c1-13(15-7-5-9-17(12-15)19-3)10-14-6-4-8-16(11-14)18-2/h4-9,11-13H,10H2,1-3H3. The Morgan fingerprint density at radius 2 is 1.53 bits per heavy atom. The summed E-state index contributed by atoms with van der Waals surface area (Å²) in [6, 6.07) is 16.5. The van der Waals surface area contributed by atoms with Gasteiger partial charge >= 0.3 is 0 Å². The number of ether oxygens (including phenoxy) is 2. The van der Waals surface area contributed by atoms with Crippen LogP contribution in [0.5, 0.6) is 11.5 Å². The Morgan fingerprint density at radius 3 is 2.21 bits per heavy atom. The van der Waals surface area contributed by atoms with E-state index in [0.29, 0.717) is 5.92 Å². The van der Waals surface area contributed by atoms with E-state index in [9.17, 15) is 0 Å². The molecule has 0 radical (unpaired) electrons. The third kappa shape index (κ3) is 3.50. The van der Waals surface area contributed by atoms with Crippen LogP contribution in [0.1, 0.15) is 24.0 Å².